The molecule has 0 bridgehead atoms. The molecule has 9 heteroatoms. The minimum Gasteiger partial charge on any atom is -0.368 e. The third-order valence-electron chi connectivity index (χ3n) is 3.31. The maximum absolute atomic E-state index is 11.3. The Labute approximate surface area is 136 Å². The molecule has 2 aromatic rings. The summed E-state index contributed by atoms with van der Waals surface area (Å²) in [6, 6.07) is 3.48. The van der Waals surface area contributed by atoms with E-state index in [2.05, 4.69) is 31.9 Å². The lowest BCUT2D eigenvalue weighted by Crippen LogP contribution is -2.36. The molecule has 2 aromatic heterocycles. The Morgan fingerprint density at radius 1 is 1.35 bits per heavy atom. The van der Waals surface area contributed by atoms with E-state index in [1.165, 1.54) is 0 Å². The first-order valence-corrected chi connectivity index (χ1v) is 9.37. The first-order chi connectivity index (χ1) is 10.9. The molecule has 0 radical (unpaired) electrons. The van der Waals surface area contributed by atoms with Gasteiger partial charge in [0, 0.05) is 18.8 Å². The Kier molecular flexibility index (Phi) is 5.67. The average molecular weight is 338 g/mol. The number of fused-ring (bicyclic) bond motifs is 1. The Morgan fingerprint density at radius 2 is 2.13 bits per heavy atom. The highest BCUT2D eigenvalue weighted by molar-refractivity contribution is 7.88. The second kappa shape index (κ2) is 7.51. The second-order valence-electron chi connectivity index (χ2n) is 5.41. The highest BCUT2D eigenvalue weighted by atomic mass is 32.2. The molecule has 0 aliphatic heterocycles. The van der Waals surface area contributed by atoms with E-state index in [1.54, 1.807) is 18.3 Å². The van der Waals surface area contributed by atoms with Gasteiger partial charge < -0.3 is 11.1 Å². The zero-order chi connectivity index (χ0) is 16.9. The third-order valence-corrected chi connectivity index (χ3v) is 4.00. The minimum atomic E-state index is -3.25. The normalized spacial score (nSPS) is 13.1. The van der Waals surface area contributed by atoms with Gasteiger partial charge in [0.1, 0.15) is 5.52 Å². The van der Waals surface area contributed by atoms with Crippen molar-refractivity contribution in [2.75, 3.05) is 23.9 Å². The molecule has 4 N–H and O–H groups in total. The number of nitrogen functional groups attached to an aromatic ring is 1. The molecule has 2 rings (SSSR count). The molecule has 1 atom stereocenters. The van der Waals surface area contributed by atoms with E-state index in [0.717, 1.165) is 25.5 Å². The Bertz CT molecular complexity index is 765. The molecule has 2 heterocycles. The van der Waals surface area contributed by atoms with E-state index < -0.39 is 10.0 Å². The van der Waals surface area contributed by atoms with Crippen LogP contribution < -0.4 is 15.8 Å². The number of pyridine rings is 1. The highest BCUT2D eigenvalue weighted by Crippen LogP contribution is 2.20. The molecule has 126 valence electrons. The predicted octanol–water partition coefficient (Wildman–Crippen LogP) is 1.13. The third kappa shape index (κ3) is 5.29. The number of unbranched alkanes of at least 4 members (excludes halogenated alkanes) is 1. The molecule has 0 aliphatic carbocycles. The highest BCUT2D eigenvalue weighted by Gasteiger charge is 2.15. The van der Waals surface area contributed by atoms with E-state index in [0.29, 0.717) is 16.9 Å². The molecule has 0 fully saturated rings. The number of sulfonamides is 1. The van der Waals surface area contributed by atoms with Crippen molar-refractivity contribution in [3.63, 3.8) is 0 Å². The number of nitrogens with two attached hydrogens (primary N) is 1. The molecule has 0 aliphatic rings. The smallest absolute Gasteiger partial charge is 0.222 e. The standard InChI is InChI=1S/C14H22N6O2S/c1-3-4-6-10(9-17-23(2,21)22)18-13-12-11(7-5-8-16-12)19-14(15)20-13/h5,7-8,10,17H,3-4,6,9H2,1-2H3,(H3,15,18,19,20). The molecule has 0 amide bonds. The molecular formula is C14H22N6O2S. The van der Waals surface area contributed by atoms with Gasteiger partial charge in [-0.25, -0.2) is 18.1 Å². The number of anilines is 2. The summed E-state index contributed by atoms with van der Waals surface area (Å²) in [4.78, 5) is 12.6. The van der Waals surface area contributed by atoms with Crippen molar-refractivity contribution in [1.29, 1.82) is 0 Å². The lowest BCUT2D eigenvalue weighted by atomic mass is 10.1. The van der Waals surface area contributed by atoms with Crippen LogP contribution in [0.2, 0.25) is 0 Å². The van der Waals surface area contributed by atoms with Crippen molar-refractivity contribution in [2.24, 2.45) is 0 Å². The van der Waals surface area contributed by atoms with Crippen LogP contribution in [0.4, 0.5) is 11.8 Å². The van der Waals surface area contributed by atoms with E-state index in [1.807, 2.05) is 0 Å². The SMILES string of the molecule is CCCCC(CNS(C)(=O)=O)Nc1nc(N)nc2cccnc12. The second-order valence-corrected chi connectivity index (χ2v) is 7.24. The maximum Gasteiger partial charge on any atom is 0.222 e. The number of hydrogen-bond acceptors (Lipinski definition) is 7. The fourth-order valence-electron chi connectivity index (χ4n) is 2.21. The number of nitrogens with zero attached hydrogens (tertiary/aromatic N) is 3. The average Bonchev–Trinajstić information content (AvgIpc) is 2.49. The first kappa shape index (κ1) is 17.4. The first-order valence-electron chi connectivity index (χ1n) is 7.48. The summed E-state index contributed by atoms with van der Waals surface area (Å²) in [5.74, 6) is 0.669. The lowest BCUT2D eigenvalue weighted by molar-refractivity contribution is 0.561. The monoisotopic (exact) mass is 338 g/mol. The Hall–Kier alpha value is -2.00. The van der Waals surface area contributed by atoms with Crippen molar-refractivity contribution >= 4 is 32.8 Å². The molecule has 0 saturated heterocycles. The number of nitrogens with one attached hydrogen (secondary N) is 2. The van der Waals surface area contributed by atoms with E-state index >= 15 is 0 Å². The minimum absolute atomic E-state index is 0.107. The van der Waals surface area contributed by atoms with Gasteiger partial charge in [0.05, 0.1) is 11.8 Å². The van der Waals surface area contributed by atoms with Gasteiger partial charge in [-0.2, -0.15) is 4.98 Å². The number of rotatable bonds is 8. The molecule has 0 saturated carbocycles. The van der Waals surface area contributed by atoms with Gasteiger partial charge in [0.25, 0.3) is 0 Å². The summed E-state index contributed by atoms with van der Waals surface area (Å²) < 4.78 is 25.2. The summed E-state index contributed by atoms with van der Waals surface area (Å²) in [7, 11) is -3.25. The van der Waals surface area contributed by atoms with Crippen molar-refractivity contribution in [2.45, 2.75) is 32.2 Å². The Morgan fingerprint density at radius 3 is 2.83 bits per heavy atom. The van der Waals surface area contributed by atoms with Gasteiger partial charge in [-0.1, -0.05) is 19.8 Å². The molecule has 0 spiro atoms. The van der Waals surface area contributed by atoms with E-state index in [9.17, 15) is 8.42 Å². The molecule has 23 heavy (non-hydrogen) atoms. The van der Waals surface area contributed by atoms with Crippen LogP contribution in [-0.2, 0) is 10.0 Å². The summed E-state index contributed by atoms with van der Waals surface area (Å²) >= 11 is 0. The summed E-state index contributed by atoms with van der Waals surface area (Å²) in [6.07, 6.45) is 5.58. The number of hydrogen-bond donors (Lipinski definition) is 3. The van der Waals surface area contributed by atoms with Crippen LogP contribution in [0.1, 0.15) is 26.2 Å². The van der Waals surface area contributed by atoms with Crippen LogP contribution in [0.3, 0.4) is 0 Å². The van der Waals surface area contributed by atoms with Gasteiger partial charge in [0.2, 0.25) is 16.0 Å². The van der Waals surface area contributed by atoms with Crippen LogP contribution in [0.15, 0.2) is 18.3 Å². The largest absolute Gasteiger partial charge is 0.368 e. The van der Waals surface area contributed by atoms with E-state index in [4.69, 9.17) is 5.73 Å². The van der Waals surface area contributed by atoms with Crippen molar-refractivity contribution in [1.82, 2.24) is 19.7 Å². The molecule has 8 nitrogen and oxygen atoms in total. The van der Waals surface area contributed by atoms with Crippen molar-refractivity contribution in [3.8, 4) is 0 Å². The van der Waals surface area contributed by atoms with Crippen molar-refractivity contribution < 1.29 is 8.42 Å². The quantitative estimate of drug-likeness (QED) is 0.659. The van der Waals surface area contributed by atoms with Gasteiger partial charge in [0.15, 0.2) is 5.82 Å². The van der Waals surface area contributed by atoms with Crippen LogP contribution in [0, 0.1) is 0 Å². The van der Waals surface area contributed by atoms with Crippen molar-refractivity contribution in [3.05, 3.63) is 18.3 Å². The Balaban J connectivity index is 2.24. The topological polar surface area (TPSA) is 123 Å². The summed E-state index contributed by atoms with van der Waals surface area (Å²) in [5.41, 5.74) is 7.00. The predicted molar refractivity (Wildman–Crippen MR) is 91.5 cm³/mol. The zero-order valence-electron chi connectivity index (χ0n) is 13.3. The van der Waals surface area contributed by atoms with Crippen LogP contribution >= 0.6 is 0 Å². The summed E-state index contributed by atoms with van der Waals surface area (Å²) in [6.45, 7) is 2.36. The molecular weight excluding hydrogens is 316 g/mol. The zero-order valence-corrected chi connectivity index (χ0v) is 14.1. The van der Waals surface area contributed by atoms with Gasteiger partial charge in [-0.05, 0) is 18.6 Å². The van der Waals surface area contributed by atoms with Crippen LogP contribution in [-0.4, -0.2) is 42.2 Å². The number of aromatic nitrogens is 3. The van der Waals surface area contributed by atoms with Crippen LogP contribution in [0.5, 0.6) is 0 Å². The summed E-state index contributed by atoms with van der Waals surface area (Å²) in [5, 5.41) is 3.25. The van der Waals surface area contributed by atoms with Gasteiger partial charge in [-0.3, -0.25) is 4.98 Å². The fourth-order valence-corrected chi connectivity index (χ4v) is 2.71. The van der Waals surface area contributed by atoms with E-state index in [-0.39, 0.29) is 18.5 Å². The van der Waals surface area contributed by atoms with Gasteiger partial charge in [-0.15, -0.1) is 0 Å². The molecule has 1 unspecified atom stereocenters. The fraction of sp³-hybridized carbons (Fsp3) is 0.500. The van der Waals surface area contributed by atoms with Gasteiger partial charge >= 0.3 is 0 Å². The van der Waals surface area contributed by atoms with Crippen LogP contribution in [0.25, 0.3) is 11.0 Å². The molecule has 0 aromatic carbocycles. The lowest BCUT2D eigenvalue weighted by Gasteiger charge is -2.20. The maximum atomic E-state index is 11.3.